The van der Waals surface area contributed by atoms with E-state index in [2.05, 4.69) is 0 Å². The predicted molar refractivity (Wildman–Crippen MR) is 146 cm³/mol. The average molecular weight is 533 g/mol. The average Bonchev–Trinajstić information content (AvgIpc) is 3.11. The first-order chi connectivity index (χ1) is 18.2. The van der Waals surface area contributed by atoms with Crippen molar-refractivity contribution in [2.45, 2.75) is 65.3 Å². The number of anilines is 1. The molecule has 10 nitrogen and oxygen atoms in total. The molecule has 0 spiro atoms. The van der Waals surface area contributed by atoms with E-state index < -0.39 is 34.7 Å². The Bertz CT molecular complexity index is 1650. The molecule has 10 heteroatoms. The zero-order valence-electron chi connectivity index (χ0n) is 23.1. The number of ether oxygens (including phenoxy) is 2. The third-order valence-corrected chi connectivity index (χ3v) is 7.02. The lowest BCUT2D eigenvalue weighted by atomic mass is 9.83. The Balaban J connectivity index is 1.62. The maximum Gasteiger partial charge on any atom is 0.414 e. The van der Waals surface area contributed by atoms with E-state index >= 15 is 0 Å². The topological polar surface area (TPSA) is 105 Å². The van der Waals surface area contributed by atoms with Crippen LogP contribution in [0.2, 0.25) is 0 Å². The number of amides is 1. The quantitative estimate of drug-likeness (QED) is 0.372. The summed E-state index contributed by atoms with van der Waals surface area (Å²) in [4.78, 5) is 53.1. The number of rotatable bonds is 3. The van der Waals surface area contributed by atoms with Crippen LogP contribution in [-0.4, -0.2) is 44.1 Å². The van der Waals surface area contributed by atoms with Crippen LogP contribution in [0.1, 0.15) is 63.5 Å². The van der Waals surface area contributed by atoms with Gasteiger partial charge in [-0.25, -0.2) is 28.3 Å². The molecule has 1 atom stereocenters. The molecule has 0 saturated heterocycles. The molecule has 39 heavy (non-hydrogen) atoms. The van der Waals surface area contributed by atoms with Gasteiger partial charge in [0.05, 0.1) is 17.9 Å². The van der Waals surface area contributed by atoms with Gasteiger partial charge < -0.3 is 9.47 Å². The van der Waals surface area contributed by atoms with E-state index in [0.717, 1.165) is 10.1 Å². The van der Waals surface area contributed by atoms with Crippen molar-refractivity contribution in [2.24, 2.45) is 0 Å². The summed E-state index contributed by atoms with van der Waals surface area (Å²) in [6.45, 7) is 10.9. The Hall–Kier alpha value is -4.34. The summed E-state index contributed by atoms with van der Waals surface area (Å²) < 4.78 is 15.9. The third kappa shape index (κ3) is 4.39. The SMILES string of the molecule is CC(=O)c1ccc(-n2c(=O)n3n(c2=O)C2C(=CC3)C(C)(C)Oc3cc(N(C)C(=O)OC(C)(C)C)ccc32)cc1. The second-order valence-corrected chi connectivity index (χ2v) is 11.4. The van der Waals surface area contributed by atoms with Gasteiger partial charge in [0.1, 0.15) is 23.0 Å². The Morgan fingerprint density at radius 2 is 1.72 bits per heavy atom. The predicted octanol–water partition coefficient (Wildman–Crippen LogP) is 4.08. The third-order valence-electron chi connectivity index (χ3n) is 7.02. The van der Waals surface area contributed by atoms with Crippen LogP contribution in [0.4, 0.5) is 10.5 Å². The van der Waals surface area contributed by atoms with Crippen LogP contribution in [-0.2, 0) is 11.3 Å². The minimum absolute atomic E-state index is 0.103. The van der Waals surface area contributed by atoms with Crippen LogP contribution in [0.3, 0.4) is 0 Å². The van der Waals surface area contributed by atoms with E-state index in [1.807, 2.05) is 26.0 Å². The van der Waals surface area contributed by atoms with Gasteiger partial charge in [0.25, 0.3) is 0 Å². The molecule has 0 fully saturated rings. The highest BCUT2D eigenvalue weighted by atomic mass is 16.6. The smallest absolute Gasteiger partial charge is 0.414 e. The highest BCUT2D eigenvalue weighted by Crippen LogP contribution is 2.47. The second-order valence-electron chi connectivity index (χ2n) is 11.4. The number of carbonyl (C=O) groups is 2. The number of aromatic nitrogens is 3. The summed E-state index contributed by atoms with van der Waals surface area (Å²) >= 11 is 0. The van der Waals surface area contributed by atoms with Crippen molar-refractivity contribution in [1.82, 2.24) is 13.9 Å². The van der Waals surface area contributed by atoms with E-state index in [1.54, 1.807) is 64.2 Å². The number of fused-ring (bicyclic) bond motifs is 5. The minimum Gasteiger partial charge on any atom is -0.483 e. The molecule has 0 saturated carbocycles. The van der Waals surface area contributed by atoms with Crippen LogP contribution in [0, 0.1) is 0 Å². The first-order valence-electron chi connectivity index (χ1n) is 12.8. The Morgan fingerprint density at radius 3 is 2.33 bits per heavy atom. The number of Topliss-reactive ketones (excluding diaryl/α,β-unsaturated/α-hetero) is 1. The highest BCUT2D eigenvalue weighted by Gasteiger charge is 2.44. The fraction of sp³-hybridized carbons (Fsp3) is 0.379. The number of hydrogen-bond donors (Lipinski definition) is 0. The largest absolute Gasteiger partial charge is 0.483 e. The van der Waals surface area contributed by atoms with Crippen molar-refractivity contribution in [3.05, 3.63) is 86.2 Å². The zero-order valence-corrected chi connectivity index (χ0v) is 23.1. The summed E-state index contributed by atoms with van der Waals surface area (Å²) in [6, 6.07) is 11.1. The summed E-state index contributed by atoms with van der Waals surface area (Å²) in [5.74, 6) is 0.398. The van der Waals surface area contributed by atoms with Gasteiger partial charge in [0.15, 0.2) is 5.78 Å². The Kier molecular flexibility index (Phi) is 5.97. The maximum atomic E-state index is 13.8. The summed E-state index contributed by atoms with van der Waals surface area (Å²) in [5.41, 5.74) is 0.587. The summed E-state index contributed by atoms with van der Waals surface area (Å²) in [5, 5.41) is 0. The number of carbonyl (C=O) groups excluding carboxylic acids is 2. The molecule has 0 aliphatic carbocycles. The van der Waals surface area contributed by atoms with Crippen LogP contribution >= 0.6 is 0 Å². The number of ketones is 1. The summed E-state index contributed by atoms with van der Waals surface area (Å²) in [7, 11) is 1.62. The van der Waals surface area contributed by atoms with Crippen LogP contribution < -0.4 is 21.0 Å². The van der Waals surface area contributed by atoms with Crippen molar-refractivity contribution in [1.29, 1.82) is 0 Å². The van der Waals surface area contributed by atoms with E-state index in [4.69, 9.17) is 9.47 Å². The van der Waals surface area contributed by atoms with Gasteiger partial charge in [0, 0.05) is 24.2 Å². The zero-order chi connectivity index (χ0) is 28.4. The van der Waals surface area contributed by atoms with Crippen molar-refractivity contribution in [3.8, 4) is 11.4 Å². The molecule has 1 aromatic heterocycles. The van der Waals surface area contributed by atoms with E-state index in [1.165, 1.54) is 21.2 Å². The molecule has 1 unspecified atom stereocenters. The molecule has 1 amide bonds. The number of allylic oxidation sites excluding steroid dienone is 1. The lowest BCUT2D eigenvalue weighted by Crippen LogP contribution is -2.46. The molecular formula is C29H32N4O6. The van der Waals surface area contributed by atoms with E-state index in [0.29, 0.717) is 28.3 Å². The molecule has 2 aliphatic rings. The van der Waals surface area contributed by atoms with Crippen molar-refractivity contribution in [3.63, 3.8) is 0 Å². The van der Waals surface area contributed by atoms with Gasteiger partial charge in [-0.05, 0) is 77.4 Å². The fourth-order valence-electron chi connectivity index (χ4n) is 5.10. The normalized spacial score (nSPS) is 17.2. The van der Waals surface area contributed by atoms with Gasteiger partial charge in [-0.1, -0.05) is 12.1 Å². The molecular weight excluding hydrogens is 500 g/mol. The monoisotopic (exact) mass is 532 g/mol. The molecule has 2 aliphatic heterocycles. The molecule has 204 valence electrons. The molecule has 0 N–H and O–H groups in total. The van der Waals surface area contributed by atoms with Crippen molar-refractivity contribution in [2.75, 3.05) is 11.9 Å². The van der Waals surface area contributed by atoms with E-state index in [-0.39, 0.29) is 12.3 Å². The first-order valence-corrected chi connectivity index (χ1v) is 12.8. The van der Waals surface area contributed by atoms with Gasteiger partial charge >= 0.3 is 17.5 Å². The lowest BCUT2D eigenvalue weighted by Gasteiger charge is -2.42. The standard InChI is InChI=1S/C29H32N4O6/c1-17(34)18-8-10-19(11-9-18)32-25(35)31-15-14-22-24(33(31)26(32)36)21-13-12-20(16-23(21)38-29(22,5)6)30(7)27(37)39-28(2,3)4/h8-14,16,24H,15H2,1-7H3. The number of benzene rings is 2. The molecule has 3 heterocycles. The summed E-state index contributed by atoms with van der Waals surface area (Å²) in [6.07, 6.45) is 1.42. The van der Waals surface area contributed by atoms with Gasteiger partial charge in [-0.15, -0.1) is 0 Å². The molecule has 5 rings (SSSR count). The molecule has 0 bridgehead atoms. The van der Waals surface area contributed by atoms with Gasteiger partial charge in [-0.3, -0.25) is 9.69 Å². The van der Waals surface area contributed by atoms with Crippen LogP contribution in [0.5, 0.6) is 5.75 Å². The van der Waals surface area contributed by atoms with Crippen molar-refractivity contribution < 1.29 is 19.1 Å². The highest BCUT2D eigenvalue weighted by molar-refractivity contribution is 5.94. The van der Waals surface area contributed by atoms with Crippen LogP contribution in [0.25, 0.3) is 5.69 Å². The molecule has 3 aromatic rings. The Morgan fingerprint density at radius 1 is 1.05 bits per heavy atom. The molecule has 0 radical (unpaired) electrons. The second kappa shape index (κ2) is 8.86. The van der Waals surface area contributed by atoms with Gasteiger partial charge in [-0.2, -0.15) is 0 Å². The Labute approximate surface area is 225 Å². The maximum absolute atomic E-state index is 13.8. The minimum atomic E-state index is -0.785. The van der Waals surface area contributed by atoms with Crippen molar-refractivity contribution >= 4 is 17.6 Å². The van der Waals surface area contributed by atoms with Gasteiger partial charge in [0.2, 0.25) is 0 Å². The number of nitrogens with zero attached hydrogens (tertiary/aromatic N) is 4. The van der Waals surface area contributed by atoms with Crippen LogP contribution in [0.15, 0.2) is 63.7 Å². The fourth-order valence-corrected chi connectivity index (χ4v) is 5.10. The number of hydrogen-bond acceptors (Lipinski definition) is 6. The van der Waals surface area contributed by atoms with E-state index in [9.17, 15) is 19.2 Å². The molecule has 2 aromatic carbocycles. The lowest BCUT2D eigenvalue weighted by molar-refractivity contribution is 0.0589. The first kappa shape index (κ1) is 26.3.